The lowest BCUT2D eigenvalue weighted by Gasteiger charge is -2.29. The molecule has 0 spiro atoms. The molecule has 198 valence electrons. The second kappa shape index (κ2) is 13.0. The number of benzene rings is 1. The number of aliphatic imine (C=N–C) groups is 1. The van der Waals surface area contributed by atoms with Gasteiger partial charge in [-0.1, -0.05) is 50.4 Å². The van der Waals surface area contributed by atoms with Crippen LogP contribution in [0.25, 0.3) is 5.70 Å². The summed E-state index contributed by atoms with van der Waals surface area (Å²) in [6.07, 6.45) is 23.2. The number of rotatable bonds is 9. The molecular weight excluding hydrogens is 466 g/mol. The molecule has 4 rings (SSSR count). The number of piperidine rings is 1. The number of likely N-dealkylation sites (tertiary alicyclic amines) is 1. The minimum Gasteiger partial charge on any atom is -0.383 e. The molecule has 5 nitrogen and oxygen atoms in total. The number of nitrogens with two attached hydrogens (primary N) is 1. The zero-order valence-corrected chi connectivity index (χ0v) is 22.9. The van der Waals surface area contributed by atoms with E-state index in [1.165, 1.54) is 25.0 Å². The van der Waals surface area contributed by atoms with Crippen LogP contribution in [-0.2, 0) is 6.42 Å². The average molecular weight is 508 g/mol. The molecule has 1 aromatic rings. The van der Waals surface area contributed by atoms with Crippen LogP contribution in [-0.4, -0.2) is 23.8 Å². The number of nitrogens with one attached hydrogen (secondary N) is 2. The van der Waals surface area contributed by atoms with Gasteiger partial charge in [0.15, 0.2) is 0 Å². The van der Waals surface area contributed by atoms with E-state index in [2.05, 4.69) is 97.2 Å². The van der Waals surface area contributed by atoms with Crippen LogP contribution in [0.3, 0.4) is 0 Å². The van der Waals surface area contributed by atoms with Crippen molar-refractivity contribution >= 4 is 17.2 Å². The Kier molecular flexibility index (Phi) is 9.26. The van der Waals surface area contributed by atoms with Crippen LogP contribution in [0, 0.1) is 0 Å². The van der Waals surface area contributed by atoms with Crippen molar-refractivity contribution in [1.29, 1.82) is 0 Å². The van der Waals surface area contributed by atoms with Crippen molar-refractivity contribution in [3.63, 3.8) is 0 Å². The molecular formula is C33H41N5. The third-order valence-electron chi connectivity index (χ3n) is 7.21. The Morgan fingerprint density at radius 1 is 1.11 bits per heavy atom. The molecule has 1 fully saturated rings. The summed E-state index contributed by atoms with van der Waals surface area (Å²) in [6.45, 7) is 14.6. The zero-order chi connectivity index (χ0) is 26.9. The van der Waals surface area contributed by atoms with Crippen molar-refractivity contribution in [1.82, 2.24) is 15.5 Å². The van der Waals surface area contributed by atoms with Gasteiger partial charge in [0.25, 0.3) is 0 Å². The fourth-order valence-corrected chi connectivity index (χ4v) is 4.98. The second-order valence-corrected chi connectivity index (χ2v) is 9.95. The quantitative estimate of drug-likeness (QED) is 0.251. The van der Waals surface area contributed by atoms with Crippen LogP contribution in [0.5, 0.6) is 0 Å². The molecule has 1 aliphatic heterocycles. The fraction of sp³-hybridized carbons (Fsp3) is 0.303. The lowest BCUT2D eigenvalue weighted by atomic mass is 10.0. The van der Waals surface area contributed by atoms with E-state index >= 15 is 0 Å². The Hall–Kier alpha value is -3.99. The number of hydrogen-bond donors (Lipinski definition) is 3. The molecule has 3 aliphatic rings. The van der Waals surface area contributed by atoms with Gasteiger partial charge in [0.05, 0.1) is 5.69 Å². The average Bonchev–Trinajstić information content (AvgIpc) is 3.28. The van der Waals surface area contributed by atoms with Gasteiger partial charge in [0.1, 0.15) is 5.84 Å². The maximum absolute atomic E-state index is 6.52. The highest BCUT2D eigenvalue weighted by Crippen LogP contribution is 2.27. The number of aryl methyl sites for hydroxylation is 1. The third-order valence-corrected chi connectivity index (χ3v) is 7.21. The van der Waals surface area contributed by atoms with E-state index < -0.39 is 0 Å². The largest absolute Gasteiger partial charge is 0.383 e. The Balaban J connectivity index is 1.53. The third kappa shape index (κ3) is 6.86. The number of allylic oxidation sites excluding steroid dienone is 7. The topological polar surface area (TPSA) is 65.7 Å². The van der Waals surface area contributed by atoms with Gasteiger partial charge in [-0.15, -0.1) is 0 Å². The highest BCUT2D eigenvalue weighted by Gasteiger charge is 2.13. The molecule has 5 heteroatoms. The Morgan fingerprint density at radius 3 is 2.66 bits per heavy atom. The molecule has 1 saturated heterocycles. The van der Waals surface area contributed by atoms with Gasteiger partial charge in [0.2, 0.25) is 0 Å². The lowest BCUT2D eigenvalue weighted by Crippen LogP contribution is -2.28. The fourth-order valence-electron chi connectivity index (χ4n) is 4.98. The van der Waals surface area contributed by atoms with E-state index in [1.807, 2.05) is 6.08 Å². The smallest absolute Gasteiger partial charge is 0.131 e. The predicted octanol–water partition coefficient (Wildman–Crippen LogP) is 6.91. The van der Waals surface area contributed by atoms with Crippen LogP contribution in [0.15, 0.2) is 113 Å². The summed E-state index contributed by atoms with van der Waals surface area (Å²) in [6, 6.07) is 6.31. The van der Waals surface area contributed by atoms with Crippen LogP contribution in [0.2, 0.25) is 0 Å². The summed E-state index contributed by atoms with van der Waals surface area (Å²) in [7, 11) is 0. The SMILES string of the molecule is C=CNC1=C(C)C=C(C(N)=Nc2cc(C(=C)NC3=CC=C(N4CCCCC4)C=CC3)ccc2CC)C=CC1. The number of nitrogens with zero attached hydrogens (tertiary/aromatic N) is 2. The van der Waals surface area contributed by atoms with Crippen molar-refractivity contribution < 1.29 is 0 Å². The normalized spacial score (nSPS) is 18.2. The van der Waals surface area contributed by atoms with Gasteiger partial charge in [-0.3, -0.25) is 0 Å². The molecule has 2 aliphatic carbocycles. The Bertz CT molecular complexity index is 1280. The molecule has 1 heterocycles. The van der Waals surface area contributed by atoms with Gasteiger partial charge in [-0.2, -0.15) is 0 Å². The minimum absolute atomic E-state index is 0.498. The van der Waals surface area contributed by atoms with Crippen molar-refractivity contribution in [2.75, 3.05) is 13.1 Å². The monoisotopic (exact) mass is 507 g/mol. The van der Waals surface area contributed by atoms with Crippen LogP contribution >= 0.6 is 0 Å². The Labute approximate surface area is 228 Å². The highest BCUT2D eigenvalue weighted by atomic mass is 15.1. The molecule has 0 amide bonds. The van der Waals surface area contributed by atoms with Crippen LogP contribution < -0.4 is 16.4 Å². The van der Waals surface area contributed by atoms with E-state index in [0.29, 0.717) is 5.84 Å². The van der Waals surface area contributed by atoms with Crippen LogP contribution in [0.4, 0.5) is 5.69 Å². The van der Waals surface area contributed by atoms with Crippen molar-refractivity contribution in [3.8, 4) is 0 Å². The maximum atomic E-state index is 6.52. The summed E-state index contributed by atoms with van der Waals surface area (Å²) in [5, 5.41) is 6.75. The molecule has 1 aromatic carbocycles. The van der Waals surface area contributed by atoms with Crippen molar-refractivity contribution in [3.05, 3.63) is 119 Å². The maximum Gasteiger partial charge on any atom is 0.131 e. The number of amidine groups is 1. The van der Waals surface area contributed by atoms with Crippen LogP contribution in [0.1, 0.15) is 57.1 Å². The summed E-state index contributed by atoms with van der Waals surface area (Å²) < 4.78 is 0. The molecule has 0 bridgehead atoms. The van der Waals surface area contributed by atoms with Gasteiger partial charge in [0, 0.05) is 54.3 Å². The lowest BCUT2D eigenvalue weighted by molar-refractivity contribution is 0.293. The van der Waals surface area contributed by atoms with Crippen molar-refractivity contribution in [2.45, 2.75) is 52.4 Å². The Morgan fingerprint density at radius 2 is 1.89 bits per heavy atom. The molecule has 0 radical (unpaired) electrons. The molecule has 38 heavy (non-hydrogen) atoms. The van der Waals surface area contributed by atoms with Gasteiger partial charge < -0.3 is 21.3 Å². The van der Waals surface area contributed by atoms with E-state index in [0.717, 1.165) is 77.4 Å². The molecule has 0 atom stereocenters. The predicted molar refractivity (Wildman–Crippen MR) is 162 cm³/mol. The van der Waals surface area contributed by atoms with E-state index in [-0.39, 0.29) is 0 Å². The van der Waals surface area contributed by atoms with E-state index in [9.17, 15) is 0 Å². The standard InChI is InChI=1S/C33H41N5/c1-5-26-16-17-27(23-32(26)37-33(34)28-12-10-15-31(35-6-2)24(3)22-28)25(4)36-29-13-11-14-30(19-18-29)38-20-8-7-9-21-38/h6,10-12,14,16-19,22-23,35-36H,2,4-5,7-9,13,15,20-21H2,1,3H3,(H2,34,37). The summed E-state index contributed by atoms with van der Waals surface area (Å²) in [4.78, 5) is 7.35. The first-order chi connectivity index (χ1) is 18.5. The van der Waals surface area contributed by atoms with Gasteiger partial charge in [-0.25, -0.2) is 4.99 Å². The van der Waals surface area contributed by atoms with Gasteiger partial charge >= 0.3 is 0 Å². The first-order valence-electron chi connectivity index (χ1n) is 13.7. The van der Waals surface area contributed by atoms with E-state index in [4.69, 9.17) is 10.7 Å². The summed E-state index contributed by atoms with van der Waals surface area (Å²) >= 11 is 0. The van der Waals surface area contributed by atoms with Crippen molar-refractivity contribution in [2.24, 2.45) is 10.7 Å². The highest BCUT2D eigenvalue weighted by molar-refractivity contribution is 6.01. The number of hydrogen-bond acceptors (Lipinski definition) is 4. The zero-order valence-electron chi connectivity index (χ0n) is 22.9. The minimum atomic E-state index is 0.498. The molecule has 0 saturated carbocycles. The molecule has 0 unspecified atom stereocenters. The first kappa shape index (κ1) is 27.1. The summed E-state index contributed by atoms with van der Waals surface area (Å²) in [5.74, 6) is 0.498. The van der Waals surface area contributed by atoms with E-state index in [1.54, 1.807) is 6.20 Å². The first-order valence-corrected chi connectivity index (χ1v) is 13.7. The molecule has 4 N–H and O–H groups in total. The summed E-state index contributed by atoms with van der Waals surface area (Å²) in [5.41, 5.74) is 16.0. The van der Waals surface area contributed by atoms with Gasteiger partial charge in [-0.05, 0) is 85.9 Å². The second-order valence-electron chi connectivity index (χ2n) is 9.95. The molecule has 0 aromatic heterocycles.